The van der Waals surface area contributed by atoms with Gasteiger partial charge in [-0.05, 0) is 26.2 Å². The molecule has 1 unspecified atom stereocenters. The largest absolute Gasteiger partial charge is 0.481 e. The smallest absolute Gasteiger partial charge is 0.309 e. The lowest BCUT2D eigenvalue weighted by Gasteiger charge is -2.13. The van der Waals surface area contributed by atoms with Crippen molar-refractivity contribution in [2.24, 2.45) is 5.92 Å². The maximum Gasteiger partial charge on any atom is 0.309 e. The van der Waals surface area contributed by atoms with E-state index < -0.39 is 17.9 Å². The summed E-state index contributed by atoms with van der Waals surface area (Å²) in [5.74, 6) is -1.89. The molecule has 1 atom stereocenters. The fraction of sp³-hybridized carbons (Fsp3) is 0.769. The van der Waals surface area contributed by atoms with Crippen molar-refractivity contribution in [3.05, 3.63) is 24.8 Å². The number of hydrogen-bond acceptors (Lipinski definition) is 3. The topological polar surface area (TPSA) is 63.6 Å². The number of hydrogen-bond donors (Lipinski definition) is 1. The number of esters is 1. The van der Waals surface area contributed by atoms with Crippen LogP contribution in [0.2, 0.25) is 0 Å². The summed E-state index contributed by atoms with van der Waals surface area (Å²) >= 11 is 0. The first kappa shape index (κ1) is 28.4. The van der Waals surface area contributed by atoms with Crippen LogP contribution in [0.3, 0.4) is 0 Å². The van der Waals surface area contributed by atoms with Crippen LogP contribution in [0.25, 0.3) is 0 Å². The molecule has 0 spiro atoms. The van der Waals surface area contributed by atoms with E-state index in [1.165, 1.54) is 83.1 Å². The van der Waals surface area contributed by atoms with E-state index in [-0.39, 0.29) is 13.0 Å². The average molecular weight is 423 g/mol. The van der Waals surface area contributed by atoms with E-state index in [9.17, 15) is 9.59 Å². The van der Waals surface area contributed by atoms with Gasteiger partial charge in [0.05, 0.1) is 12.3 Å². The molecular formula is C26H46O4. The number of carbonyl (C=O) groups excluding carboxylic acids is 1. The predicted octanol–water partition coefficient (Wildman–Crippen LogP) is 7.62. The molecular weight excluding hydrogens is 376 g/mol. The van der Waals surface area contributed by atoms with E-state index in [0.717, 1.165) is 19.3 Å². The summed E-state index contributed by atoms with van der Waals surface area (Å²) in [6.45, 7) is 5.74. The molecule has 174 valence electrons. The number of allylic oxidation sites excluding steroid dienone is 2. The van der Waals surface area contributed by atoms with Gasteiger partial charge in [0.15, 0.2) is 0 Å². The molecule has 0 aliphatic rings. The molecule has 0 aromatic rings. The van der Waals surface area contributed by atoms with Crippen LogP contribution >= 0.6 is 0 Å². The number of ether oxygens (including phenoxy) is 1. The van der Waals surface area contributed by atoms with Crippen molar-refractivity contribution < 1.29 is 19.4 Å². The lowest BCUT2D eigenvalue weighted by Crippen LogP contribution is -2.21. The highest BCUT2D eigenvalue weighted by Gasteiger charge is 2.22. The first-order valence-corrected chi connectivity index (χ1v) is 12.2. The van der Waals surface area contributed by atoms with E-state index in [1.807, 2.05) is 0 Å². The molecule has 0 aliphatic carbocycles. The van der Waals surface area contributed by atoms with Crippen LogP contribution in [0.5, 0.6) is 0 Å². The second-order valence-electron chi connectivity index (χ2n) is 8.31. The summed E-state index contributed by atoms with van der Waals surface area (Å²) in [6, 6.07) is 0. The zero-order valence-corrected chi connectivity index (χ0v) is 19.4. The minimum atomic E-state index is -0.944. The van der Waals surface area contributed by atoms with Gasteiger partial charge in [-0.25, -0.2) is 0 Å². The lowest BCUT2D eigenvalue weighted by atomic mass is 9.97. The second-order valence-corrected chi connectivity index (χ2v) is 8.31. The number of carboxylic acid groups (broad SMARTS) is 1. The fourth-order valence-corrected chi connectivity index (χ4v) is 3.71. The van der Waals surface area contributed by atoms with Crippen LogP contribution in [-0.2, 0) is 14.3 Å². The highest BCUT2D eigenvalue weighted by atomic mass is 16.5. The quantitative estimate of drug-likeness (QED) is 0.111. The Morgan fingerprint density at radius 3 is 1.73 bits per heavy atom. The van der Waals surface area contributed by atoms with Crippen molar-refractivity contribution in [3.8, 4) is 0 Å². The van der Waals surface area contributed by atoms with Crippen molar-refractivity contribution in [1.82, 2.24) is 0 Å². The van der Waals surface area contributed by atoms with E-state index in [4.69, 9.17) is 9.84 Å². The van der Waals surface area contributed by atoms with Gasteiger partial charge in [-0.2, -0.15) is 0 Å². The number of rotatable bonds is 22. The molecule has 0 aromatic carbocycles. The van der Waals surface area contributed by atoms with Gasteiger partial charge < -0.3 is 9.84 Å². The van der Waals surface area contributed by atoms with E-state index >= 15 is 0 Å². The molecule has 0 amide bonds. The first-order chi connectivity index (χ1) is 14.6. The monoisotopic (exact) mass is 422 g/mol. The highest BCUT2D eigenvalue weighted by Crippen LogP contribution is 2.18. The third-order valence-electron chi connectivity index (χ3n) is 5.51. The van der Waals surface area contributed by atoms with Crippen LogP contribution in [0.1, 0.15) is 116 Å². The molecule has 0 fully saturated rings. The molecule has 4 nitrogen and oxygen atoms in total. The Morgan fingerprint density at radius 2 is 1.30 bits per heavy atom. The summed E-state index contributed by atoms with van der Waals surface area (Å²) in [5.41, 5.74) is 0. The highest BCUT2D eigenvalue weighted by molar-refractivity contribution is 5.79. The fourth-order valence-electron chi connectivity index (χ4n) is 3.71. The van der Waals surface area contributed by atoms with E-state index in [1.54, 1.807) is 0 Å². The zero-order valence-electron chi connectivity index (χ0n) is 19.4. The Morgan fingerprint density at radius 1 is 0.833 bits per heavy atom. The molecule has 0 saturated heterocycles. The van der Waals surface area contributed by atoms with Crippen LogP contribution in [-0.4, -0.2) is 23.7 Å². The van der Waals surface area contributed by atoms with Crippen molar-refractivity contribution in [2.45, 2.75) is 116 Å². The summed E-state index contributed by atoms with van der Waals surface area (Å²) in [6.07, 6.45) is 25.5. The van der Waals surface area contributed by atoms with Gasteiger partial charge in [0.25, 0.3) is 0 Å². The standard InChI is InChI=1S/C26H46O4/c1-3-5-6-7-8-9-10-11-12-13-14-15-16-17-18-19-20-21-24(23-25(27)28)26(29)30-22-4-2/h3-5,24H,2,6-23H2,1H3,(H,27,28)/b5-3+. The van der Waals surface area contributed by atoms with Gasteiger partial charge in [-0.15, -0.1) is 0 Å². The van der Waals surface area contributed by atoms with E-state index in [2.05, 4.69) is 25.7 Å². The van der Waals surface area contributed by atoms with Gasteiger partial charge in [0, 0.05) is 0 Å². The Labute approximate surface area is 185 Å². The van der Waals surface area contributed by atoms with E-state index in [0.29, 0.717) is 6.42 Å². The molecule has 0 saturated carbocycles. The lowest BCUT2D eigenvalue weighted by molar-refractivity contribution is -0.152. The zero-order chi connectivity index (χ0) is 22.3. The van der Waals surface area contributed by atoms with Crippen molar-refractivity contribution in [2.75, 3.05) is 6.61 Å². The third-order valence-corrected chi connectivity index (χ3v) is 5.51. The molecule has 0 aromatic heterocycles. The number of unbranched alkanes of at least 4 members (excludes halogenated alkanes) is 14. The first-order valence-electron chi connectivity index (χ1n) is 12.2. The molecule has 0 aliphatic heterocycles. The van der Waals surface area contributed by atoms with Gasteiger partial charge in [-0.1, -0.05) is 108 Å². The molecule has 0 heterocycles. The maximum absolute atomic E-state index is 11.9. The Balaban J connectivity index is 3.47. The third kappa shape index (κ3) is 19.7. The Hall–Kier alpha value is -1.58. The number of carbonyl (C=O) groups is 2. The maximum atomic E-state index is 11.9. The van der Waals surface area contributed by atoms with Gasteiger partial charge >= 0.3 is 11.9 Å². The SMILES string of the molecule is C=CCOC(=O)C(CCCCCCCCCCCCCCCC/C=C/C)CC(=O)O. The predicted molar refractivity (Wildman–Crippen MR) is 126 cm³/mol. The molecule has 0 rings (SSSR count). The molecule has 30 heavy (non-hydrogen) atoms. The summed E-state index contributed by atoms with van der Waals surface area (Å²) in [4.78, 5) is 22.8. The molecule has 1 N–H and O–H groups in total. The van der Waals surface area contributed by atoms with Gasteiger partial charge in [0.1, 0.15) is 6.61 Å². The minimum Gasteiger partial charge on any atom is -0.481 e. The minimum absolute atomic E-state index is 0.145. The molecule has 0 bridgehead atoms. The van der Waals surface area contributed by atoms with Crippen LogP contribution in [0, 0.1) is 5.92 Å². The number of aliphatic carboxylic acids is 1. The normalized spacial score (nSPS) is 12.2. The van der Waals surface area contributed by atoms with Crippen molar-refractivity contribution >= 4 is 11.9 Å². The summed E-state index contributed by atoms with van der Waals surface area (Å²) in [7, 11) is 0. The number of carboxylic acids is 1. The van der Waals surface area contributed by atoms with Crippen molar-refractivity contribution in [3.63, 3.8) is 0 Å². The van der Waals surface area contributed by atoms with Crippen LogP contribution in [0.4, 0.5) is 0 Å². The summed E-state index contributed by atoms with van der Waals surface area (Å²) < 4.78 is 5.02. The Bertz CT molecular complexity index is 456. The van der Waals surface area contributed by atoms with Crippen LogP contribution < -0.4 is 0 Å². The van der Waals surface area contributed by atoms with Crippen LogP contribution in [0.15, 0.2) is 24.8 Å². The van der Waals surface area contributed by atoms with Gasteiger partial charge in [-0.3, -0.25) is 9.59 Å². The van der Waals surface area contributed by atoms with Gasteiger partial charge in [0.2, 0.25) is 0 Å². The molecule has 0 radical (unpaired) electrons. The Kier molecular flexibility index (Phi) is 20.9. The summed E-state index contributed by atoms with van der Waals surface area (Å²) in [5, 5.41) is 8.97. The van der Waals surface area contributed by atoms with Crippen molar-refractivity contribution in [1.29, 1.82) is 0 Å². The average Bonchev–Trinajstić information content (AvgIpc) is 2.73. The second kappa shape index (κ2) is 22.1. The molecule has 4 heteroatoms.